The molecule has 0 radical (unpaired) electrons. The van der Waals surface area contributed by atoms with Gasteiger partial charge in [0, 0.05) is 23.0 Å². The molecule has 0 aliphatic carbocycles. The highest BCUT2D eigenvalue weighted by atomic mass is 79.9. The van der Waals surface area contributed by atoms with Gasteiger partial charge in [0.25, 0.3) is 0 Å². The van der Waals surface area contributed by atoms with Crippen molar-refractivity contribution in [3.8, 4) is 0 Å². The van der Waals surface area contributed by atoms with Crippen molar-refractivity contribution >= 4 is 15.9 Å². The second kappa shape index (κ2) is 5.46. The van der Waals surface area contributed by atoms with Gasteiger partial charge in [0.2, 0.25) is 0 Å². The van der Waals surface area contributed by atoms with Crippen LogP contribution < -0.4 is 5.32 Å². The van der Waals surface area contributed by atoms with Crippen molar-refractivity contribution in [2.45, 2.75) is 12.8 Å². The van der Waals surface area contributed by atoms with Gasteiger partial charge in [0.15, 0.2) is 0 Å². The fourth-order valence-corrected chi connectivity index (χ4v) is 2.84. The van der Waals surface area contributed by atoms with Crippen molar-refractivity contribution in [2.75, 3.05) is 26.8 Å². The Labute approximate surface area is 110 Å². The lowest BCUT2D eigenvalue weighted by molar-refractivity contribution is 0.150. The molecule has 1 atom stereocenters. The number of ether oxygens (including phenoxy) is 1. The molecule has 2 rings (SSSR count). The van der Waals surface area contributed by atoms with E-state index >= 15 is 0 Å². The van der Waals surface area contributed by atoms with Crippen molar-refractivity contribution in [1.82, 2.24) is 5.32 Å². The van der Waals surface area contributed by atoms with Crippen LogP contribution in [0, 0.1) is 11.2 Å². The van der Waals surface area contributed by atoms with Crippen LogP contribution in [0.1, 0.15) is 12.0 Å². The number of nitrogens with one attached hydrogen (secondary N) is 1. The third kappa shape index (κ3) is 3.06. The maximum absolute atomic E-state index is 13.3. The predicted molar refractivity (Wildman–Crippen MR) is 69.6 cm³/mol. The molecular formula is C13H17BrFNO. The molecule has 0 amide bonds. The Morgan fingerprint density at radius 2 is 2.35 bits per heavy atom. The van der Waals surface area contributed by atoms with Gasteiger partial charge in [-0.15, -0.1) is 0 Å². The molecule has 0 aromatic heterocycles. The van der Waals surface area contributed by atoms with Gasteiger partial charge in [-0.1, -0.05) is 15.9 Å². The first kappa shape index (κ1) is 13.0. The Morgan fingerprint density at radius 3 is 3.00 bits per heavy atom. The molecule has 0 spiro atoms. The molecule has 1 N–H and O–H groups in total. The molecule has 17 heavy (non-hydrogen) atoms. The molecule has 4 heteroatoms. The topological polar surface area (TPSA) is 21.3 Å². The third-order valence-electron chi connectivity index (χ3n) is 3.31. The third-order valence-corrected chi connectivity index (χ3v) is 4.08. The molecule has 0 bridgehead atoms. The largest absolute Gasteiger partial charge is 0.381 e. The van der Waals surface area contributed by atoms with Crippen LogP contribution in [0.25, 0.3) is 0 Å². The fraction of sp³-hybridized carbons (Fsp3) is 0.538. The zero-order chi connectivity index (χ0) is 12.3. The summed E-state index contributed by atoms with van der Waals surface area (Å²) < 4.78 is 19.7. The van der Waals surface area contributed by atoms with Crippen LogP contribution in [-0.2, 0) is 11.2 Å². The molecule has 1 aliphatic rings. The molecule has 1 aromatic carbocycles. The normalized spacial score (nSPS) is 24.2. The fourth-order valence-electron chi connectivity index (χ4n) is 2.45. The summed E-state index contributed by atoms with van der Waals surface area (Å²) in [6.45, 7) is 2.45. The van der Waals surface area contributed by atoms with E-state index < -0.39 is 0 Å². The van der Waals surface area contributed by atoms with Gasteiger partial charge < -0.3 is 10.1 Å². The van der Waals surface area contributed by atoms with E-state index in [2.05, 4.69) is 21.2 Å². The molecule has 0 saturated carbocycles. The summed E-state index contributed by atoms with van der Waals surface area (Å²) in [7, 11) is 1.95. The minimum absolute atomic E-state index is 0.102. The van der Waals surface area contributed by atoms with E-state index in [1.807, 2.05) is 7.05 Å². The molecule has 1 unspecified atom stereocenters. The highest BCUT2D eigenvalue weighted by molar-refractivity contribution is 9.10. The minimum atomic E-state index is -0.179. The number of hydrogen-bond donors (Lipinski definition) is 1. The summed E-state index contributed by atoms with van der Waals surface area (Å²) in [5, 5.41) is 3.22. The van der Waals surface area contributed by atoms with Gasteiger partial charge in [-0.25, -0.2) is 4.39 Å². The maximum Gasteiger partial charge on any atom is 0.123 e. The van der Waals surface area contributed by atoms with Crippen molar-refractivity contribution in [3.05, 3.63) is 34.1 Å². The van der Waals surface area contributed by atoms with Crippen LogP contribution in [0.3, 0.4) is 0 Å². The van der Waals surface area contributed by atoms with Crippen LogP contribution in [0.5, 0.6) is 0 Å². The van der Waals surface area contributed by atoms with Gasteiger partial charge in [-0.3, -0.25) is 0 Å². The van der Waals surface area contributed by atoms with Crippen molar-refractivity contribution < 1.29 is 9.13 Å². The quantitative estimate of drug-likeness (QED) is 0.923. The zero-order valence-corrected chi connectivity index (χ0v) is 11.5. The standard InChI is InChI=1S/C13H17BrFNO/c1-16-8-13(4-5-17-9-13)7-10-6-11(15)2-3-12(10)14/h2-3,6,16H,4-5,7-9H2,1H3. The number of halogens is 2. The molecule has 94 valence electrons. The molecule has 2 nitrogen and oxygen atoms in total. The molecule has 1 aliphatic heterocycles. The average Bonchev–Trinajstić information content (AvgIpc) is 2.73. The summed E-state index contributed by atoms with van der Waals surface area (Å²) in [4.78, 5) is 0. The van der Waals surface area contributed by atoms with E-state index in [4.69, 9.17) is 4.74 Å². The Balaban J connectivity index is 2.19. The lowest BCUT2D eigenvalue weighted by Crippen LogP contribution is -2.35. The first-order valence-corrected chi connectivity index (χ1v) is 6.61. The Morgan fingerprint density at radius 1 is 1.53 bits per heavy atom. The second-order valence-corrected chi connectivity index (χ2v) is 5.60. The van der Waals surface area contributed by atoms with E-state index in [1.165, 1.54) is 6.07 Å². The minimum Gasteiger partial charge on any atom is -0.381 e. The summed E-state index contributed by atoms with van der Waals surface area (Å²) >= 11 is 3.49. The first-order valence-electron chi connectivity index (χ1n) is 5.81. The Kier molecular flexibility index (Phi) is 4.17. The Bertz CT molecular complexity index is 391. The second-order valence-electron chi connectivity index (χ2n) is 4.75. The molecule has 1 fully saturated rings. The highest BCUT2D eigenvalue weighted by Gasteiger charge is 2.34. The van der Waals surface area contributed by atoms with Gasteiger partial charge in [0.05, 0.1) is 6.61 Å². The molecule has 1 saturated heterocycles. The van der Waals surface area contributed by atoms with E-state index in [-0.39, 0.29) is 11.2 Å². The van der Waals surface area contributed by atoms with Gasteiger partial charge in [-0.2, -0.15) is 0 Å². The predicted octanol–water partition coefficient (Wildman–Crippen LogP) is 2.76. The van der Waals surface area contributed by atoms with Crippen molar-refractivity contribution in [2.24, 2.45) is 5.41 Å². The van der Waals surface area contributed by atoms with Gasteiger partial charge in [-0.05, 0) is 43.7 Å². The summed E-state index contributed by atoms with van der Waals surface area (Å²) in [5.74, 6) is -0.179. The van der Waals surface area contributed by atoms with Gasteiger partial charge >= 0.3 is 0 Å². The summed E-state index contributed by atoms with van der Waals surface area (Å²) in [6.07, 6.45) is 1.86. The number of rotatable bonds is 4. The van der Waals surface area contributed by atoms with Crippen LogP contribution in [0.4, 0.5) is 4.39 Å². The SMILES string of the molecule is CNCC1(Cc2cc(F)ccc2Br)CCOC1. The first-order chi connectivity index (χ1) is 8.15. The molecule has 1 aromatic rings. The summed E-state index contributed by atoms with van der Waals surface area (Å²) in [5.41, 5.74) is 1.12. The average molecular weight is 302 g/mol. The molecule has 1 heterocycles. The van der Waals surface area contributed by atoms with Crippen LogP contribution in [-0.4, -0.2) is 26.8 Å². The van der Waals surface area contributed by atoms with Crippen molar-refractivity contribution in [1.29, 1.82) is 0 Å². The van der Waals surface area contributed by atoms with E-state index in [1.54, 1.807) is 12.1 Å². The van der Waals surface area contributed by atoms with Crippen LogP contribution in [0.2, 0.25) is 0 Å². The number of hydrogen-bond acceptors (Lipinski definition) is 2. The smallest absolute Gasteiger partial charge is 0.123 e. The lowest BCUT2D eigenvalue weighted by Gasteiger charge is -2.27. The zero-order valence-electron chi connectivity index (χ0n) is 9.93. The van der Waals surface area contributed by atoms with E-state index in [0.717, 1.165) is 42.6 Å². The van der Waals surface area contributed by atoms with Crippen LogP contribution in [0.15, 0.2) is 22.7 Å². The van der Waals surface area contributed by atoms with Gasteiger partial charge in [0.1, 0.15) is 5.82 Å². The number of benzene rings is 1. The molecular weight excluding hydrogens is 285 g/mol. The van der Waals surface area contributed by atoms with E-state index in [9.17, 15) is 4.39 Å². The van der Waals surface area contributed by atoms with E-state index in [0.29, 0.717) is 0 Å². The monoisotopic (exact) mass is 301 g/mol. The summed E-state index contributed by atoms with van der Waals surface area (Å²) in [6, 6.07) is 4.86. The van der Waals surface area contributed by atoms with Crippen molar-refractivity contribution in [3.63, 3.8) is 0 Å². The maximum atomic E-state index is 13.3. The lowest BCUT2D eigenvalue weighted by atomic mass is 9.81. The Hall–Kier alpha value is -0.450. The van der Waals surface area contributed by atoms with Crippen LogP contribution >= 0.6 is 15.9 Å². The highest BCUT2D eigenvalue weighted by Crippen LogP contribution is 2.34.